The van der Waals surface area contributed by atoms with Gasteiger partial charge in [-0.2, -0.15) is 0 Å². The van der Waals surface area contributed by atoms with Gasteiger partial charge in [0, 0.05) is 4.47 Å². The third kappa shape index (κ3) is 4.28. The molecule has 0 aliphatic rings. The number of rotatable bonds is 7. The van der Waals surface area contributed by atoms with Gasteiger partial charge >= 0.3 is 0 Å². The minimum absolute atomic E-state index is 0.0334. The highest BCUT2D eigenvalue weighted by Gasteiger charge is 2.22. The molecule has 0 bridgehead atoms. The first-order valence-electron chi connectivity index (χ1n) is 7.90. The largest absolute Gasteiger partial charge is 0.393 e. The molecule has 0 aliphatic carbocycles. The number of amides is 1. The molecule has 4 N–H and O–H groups in total. The molecule has 2 aromatic carbocycles. The molecule has 1 aromatic heterocycles. The SMILES string of the molecule is O=C(NOC(CO)CO)c1cc2scnc2c(F)c1Nc1ccc(Br)cc1F. The Bertz CT molecular complexity index is 1010. The second kappa shape index (κ2) is 8.88. The minimum Gasteiger partial charge on any atom is -0.393 e. The maximum atomic E-state index is 15.0. The molecule has 0 saturated heterocycles. The molecule has 0 atom stereocenters. The molecule has 3 aromatic rings. The number of fused-ring (bicyclic) bond motifs is 1. The Morgan fingerprint density at radius 2 is 2.04 bits per heavy atom. The number of aliphatic hydroxyl groups is 2. The van der Waals surface area contributed by atoms with Gasteiger partial charge in [0.1, 0.15) is 17.4 Å². The first-order valence-corrected chi connectivity index (χ1v) is 9.57. The lowest BCUT2D eigenvalue weighted by Gasteiger charge is -2.16. The molecular formula is C17H14BrF2N3O4S. The van der Waals surface area contributed by atoms with Crippen molar-refractivity contribution in [2.45, 2.75) is 6.10 Å². The lowest BCUT2D eigenvalue weighted by Crippen LogP contribution is -2.34. The van der Waals surface area contributed by atoms with E-state index < -0.39 is 36.9 Å². The van der Waals surface area contributed by atoms with E-state index in [0.29, 0.717) is 9.17 Å². The van der Waals surface area contributed by atoms with Crippen LogP contribution in [0.25, 0.3) is 10.2 Å². The molecule has 0 radical (unpaired) electrons. The molecule has 0 fully saturated rings. The van der Waals surface area contributed by atoms with Gasteiger partial charge in [-0.3, -0.25) is 9.63 Å². The summed E-state index contributed by atoms with van der Waals surface area (Å²) in [6.45, 7) is -1.07. The number of hydroxylamine groups is 1. The van der Waals surface area contributed by atoms with Crippen LogP contribution in [-0.4, -0.2) is 40.4 Å². The van der Waals surface area contributed by atoms with Crippen LogP contribution in [0.3, 0.4) is 0 Å². The zero-order chi connectivity index (χ0) is 20.3. The van der Waals surface area contributed by atoms with Crippen LogP contribution in [0.4, 0.5) is 20.2 Å². The molecule has 11 heteroatoms. The Morgan fingerprint density at radius 1 is 1.29 bits per heavy atom. The van der Waals surface area contributed by atoms with E-state index in [4.69, 9.17) is 15.1 Å². The van der Waals surface area contributed by atoms with Gasteiger partial charge in [-0.25, -0.2) is 19.2 Å². The first kappa shape index (κ1) is 20.6. The van der Waals surface area contributed by atoms with Gasteiger partial charge in [0.15, 0.2) is 5.82 Å². The summed E-state index contributed by atoms with van der Waals surface area (Å²) in [6.07, 6.45) is -1.04. The summed E-state index contributed by atoms with van der Waals surface area (Å²) >= 11 is 4.26. The average molecular weight is 474 g/mol. The lowest BCUT2D eigenvalue weighted by molar-refractivity contribution is -0.0618. The van der Waals surface area contributed by atoms with Crippen molar-refractivity contribution in [3.8, 4) is 0 Å². The number of benzene rings is 2. The van der Waals surface area contributed by atoms with Crippen molar-refractivity contribution in [1.29, 1.82) is 0 Å². The Kier molecular flexibility index (Phi) is 6.52. The van der Waals surface area contributed by atoms with Crippen LogP contribution >= 0.6 is 27.3 Å². The van der Waals surface area contributed by atoms with Gasteiger partial charge in [0.2, 0.25) is 0 Å². The monoisotopic (exact) mass is 473 g/mol. The number of nitrogens with zero attached hydrogens (tertiary/aromatic N) is 1. The van der Waals surface area contributed by atoms with Crippen LogP contribution in [0, 0.1) is 11.6 Å². The Hall–Kier alpha value is -2.18. The highest BCUT2D eigenvalue weighted by molar-refractivity contribution is 9.10. The molecule has 0 spiro atoms. The van der Waals surface area contributed by atoms with Crippen LogP contribution in [-0.2, 0) is 4.84 Å². The third-order valence-electron chi connectivity index (χ3n) is 3.73. The molecule has 3 rings (SSSR count). The van der Waals surface area contributed by atoms with Crippen molar-refractivity contribution >= 4 is 54.8 Å². The fraction of sp³-hybridized carbons (Fsp3) is 0.176. The second-order valence-corrected chi connectivity index (χ2v) is 7.40. The summed E-state index contributed by atoms with van der Waals surface area (Å²) in [5, 5.41) is 20.6. The van der Waals surface area contributed by atoms with Crippen molar-refractivity contribution in [3.63, 3.8) is 0 Å². The van der Waals surface area contributed by atoms with Crippen molar-refractivity contribution in [2.24, 2.45) is 0 Å². The highest BCUT2D eigenvalue weighted by Crippen LogP contribution is 2.33. The summed E-state index contributed by atoms with van der Waals surface area (Å²) in [5.41, 5.74) is 3.01. The van der Waals surface area contributed by atoms with Crippen LogP contribution in [0.1, 0.15) is 10.4 Å². The maximum absolute atomic E-state index is 15.0. The zero-order valence-corrected chi connectivity index (χ0v) is 16.5. The fourth-order valence-electron chi connectivity index (χ4n) is 2.31. The summed E-state index contributed by atoms with van der Waals surface area (Å²) in [6, 6.07) is 5.52. The van der Waals surface area contributed by atoms with Crippen LogP contribution in [0.5, 0.6) is 0 Å². The topological polar surface area (TPSA) is 104 Å². The van der Waals surface area contributed by atoms with Crippen molar-refractivity contribution in [3.05, 3.63) is 51.4 Å². The zero-order valence-electron chi connectivity index (χ0n) is 14.1. The van der Waals surface area contributed by atoms with Gasteiger partial charge in [-0.1, -0.05) is 15.9 Å². The number of aliphatic hydroxyl groups excluding tert-OH is 2. The van der Waals surface area contributed by atoms with Crippen LogP contribution < -0.4 is 10.8 Å². The lowest BCUT2D eigenvalue weighted by atomic mass is 10.1. The first-order chi connectivity index (χ1) is 13.4. The fourth-order valence-corrected chi connectivity index (χ4v) is 3.36. The number of thiazole rings is 1. The van der Waals surface area contributed by atoms with Crippen LogP contribution in [0.2, 0.25) is 0 Å². The Morgan fingerprint density at radius 3 is 2.71 bits per heavy atom. The van der Waals surface area contributed by atoms with Gasteiger partial charge in [0.05, 0.1) is 40.4 Å². The molecule has 7 nitrogen and oxygen atoms in total. The van der Waals surface area contributed by atoms with Gasteiger partial charge in [-0.15, -0.1) is 11.3 Å². The molecule has 0 unspecified atom stereocenters. The standard InChI is InChI=1S/C17H14BrF2N3O4S/c18-8-1-2-12(11(19)3-8)22-15-10(17(26)23-27-9(5-24)6-25)4-13-16(14(15)20)21-7-28-13/h1-4,7,9,22,24-25H,5-6H2,(H,23,26). The maximum Gasteiger partial charge on any atom is 0.277 e. The van der Waals surface area contributed by atoms with Gasteiger partial charge in [0.25, 0.3) is 5.91 Å². The summed E-state index contributed by atoms with van der Waals surface area (Å²) in [7, 11) is 0. The molecule has 1 heterocycles. The molecular weight excluding hydrogens is 460 g/mol. The summed E-state index contributed by atoms with van der Waals surface area (Å²) < 4.78 is 30.1. The van der Waals surface area contributed by atoms with Crippen LogP contribution in [0.15, 0.2) is 34.2 Å². The predicted molar refractivity (Wildman–Crippen MR) is 103 cm³/mol. The van der Waals surface area contributed by atoms with E-state index in [1.165, 1.54) is 23.7 Å². The minimum atomic E-state index is -1.04. The average Bonchev–Trinajstić information content (AvgIpc) is 3.15. The Labute approximate surface area is 170 Å². The van der Waals surface area contributed by atoms with E-state index in [1.807, 2.05) is 0 Å². The molecule has 1 amide bonds. The van der Waals surface area contributed by atoms with E-state index in [9.17, 15) is 9.18 Å². The normalized spacial score (nSPS) is 11.2. The predicted octanol–water partition coefficient (Wildman–Crippen LogP) is 3.10. The number of hydrogen-bond donors (Lipinski definition) is 4. The molecule has 28 heavy (non-hydrogen) atoms. The second-order valence-electron chi connectivity index (χ2n) is 5.60. The number of carbonyl (C=O) groups is 1. The molecule has 0 saturated carbocycles. The van der Waals surface area contributed by atoms with Gasteiger partial charge < -0.3 is 15.5 Å². The summed E-state index contributed by atoms with van der Waals surface area (Å²) in [4.78, 5) is 21.3. The number of halogens is 3. The van der Waals surface area contributed by atoms with Crippen molar-refractivity contribution < 1.29 is 28.6 Å². The number of nitrogens with one attached hydrogen (secondary N) is 2. The number of hydrogen-bond acceptors (Lipinski definition) is 7. The van der Waals surface area contributed by atoms with E-state index in [1.54, 1.807) is 6.07 Å². The Balaban J connectivity index is 2.00. The smallest absolute Gasteiger partial charge is 0.277 e. The van der Waals surface area contributed by atoms with E-state index in [-0.39, 0.29) is 22.5 Å². The highest BCUT2D eigenvalue weighted by atomic mass is 79.9. The van der Waals surface area contributed by atoms with Crippen molar-refractivity contribution in [2.75, 3.05) is 18.5 Å². The molecule has 0 aliphatic heterocycles. The van der Waals surface area contributed by atoms with E-state index in [2.05, 4.69) is 31.7 Å². The summed E-state index contributed by atoms with van der Waals surface area (Å²) in [5.74, 6) is -2.33. The van der Waals surface area contributed by atoms with Crippen molar-refractivity contribution in [1.82, 2.24) is 10.5 Å². The number of carbonyl (C=O) groups excluding carboxylic acids is 1. The van der Waals surface area contributed by atoms with E-state index >= 15 is 4.39 Å². The number of anilines is 2. The van der Waals surface area contributed by atoms with Gasteiger partial charge in [-0.05, 0) is 24.3 Å². The molecule has 148 valence electrons. The number of aromatic nitrogens is 1. The van der Waals surface area contributed by atoms with E-state index in [0.717, 1.165) is 11.3 Å². The third-order valence-corrected chi connectivity index (χ3v) is 5.00. The quantitative estimate of drug-likeness (QED) is 0.393.